The summed E-state index contributed by atoms with van der Waals surface area (Å²) in [5, 5.41) is 11.7. The topological polar surface area (TPSA) is 139 Å². The van der Waals surface area contributed by atoms with E-state index in [2.05, 4.69) is 32.0 Å². The molecule has 0 spiro atoms. The van der Waals surface area contributed by atoms with Crippen molar-refractivity contribution in [2.24, 2.45) is 0 Å². The molecule has 1 fully saturated rings. The van der Waals surface area contributed by atoms with Crippen molar-refractivity contribution in [3.63, 3.8) is 0 Å². The first kappa shape index (κ1) is 36.0. The van der Waals surface area contributed by atoms with Crippen LogP contribution in [0.15, 0.2) is 30.3 Å². The Kier molecular flexibility index (Phi) is 17.1. The van der Waals surface area contributed by atoms with E-state index >= 15 is 0 Å². The summed E-state index contributed by atoms with van der Waals surface area (Å²) >= 11 is 0. The van der Waals surface area contributed by atoms with E-state index in [-0.39, 0.29) is 18.4 Å². The molecule has 1 aromatic carbocycles. The van der Waals surface area contributed by atoms with E-state index in [4.69, 9.17) is 25.2 Å². The number of piperazine rings is 1. The Balaban J connectivity index is 1.10. The van der Waals surface area contributed by atoms with E-state index in [0.717, 1.165) is 120 Å². The van der Waals surface area contributed by atoms with Crippen molar-refractivity contribution in [1.29, 1.82) is 5.26 Å². The molecule has 1 unspecified atom stereocenters. The van der Waals surface area contributed by atoms with Crippen LogP contribution < -0.4 is 20.7 Å². The fourth-order valence-corrected chi connectivity index (χ4v) is 5.37. The summed E-state index contributed by atoms with van der Waals surface area (Å²) in [5.41, 5.74) is 6.90. The lowest BCUT2D eigenvalue weighted by Crippen LogP contribution is -2.47. The maximum absolute atomic E-state index is 11.8. The number of rotatable bonds is 22. The van der Waals surface area contributed by atoms with Crippen LogP contribution in [0, 0.1) is 18.3 Å². The summed E-state index contributed by atoms with van der Waals surface area (Å²) in [7, 11) is 0. The fraction of sp³-hybridized carbons (Fsp3) is 0.647. The minimum absolute atomic E-state index is 0.0861. The molecule has 1 amide bonds. The van der Waals surface area contributed by atoms with Gasteiger partial charge in [0.25, 0.3) is 0 Å². The number of hydrogen-bond acceptors (Lipinski definition) is 10. The van der Waals surface area contributed by atoms with E-state index in [1.54, 1.807) is 0 Å². The van der Waals surface area contributed by atoms with Crippen molar-refractivity contribution in [2.75, 3.05) is 76.4 Å². The molecule has 1 atom stereocenters. The minimum atomic E-state index is -0.240. The zero-order valence-electron chi connectivity index (χ0n) is 27.3. The number of nitrogens with one attached hydrogen (secondary N) is 1. The molecule has 2 aromatic rings. The maximum Gasteiger partial charge on any atom is 0.234 e. The van der Waals surface area contributed by atoms with Crippen LogP contribution in [-0.2, 0) is 14.3 Å². The first-order valence-electron chi connectivity index (χ1n) is 16.6. The normalized spacial score (nSPS) is 14.2. The Hall–Kier alpha value is -3.46. The predicted molar refractivity (Wildman–Crippen MR) is 177 cm³/mol. The van der Waals surface area contributed by atoms with Crippen molar-refractivity contribution < 1.29 is 19.0 Å². The van der Waals surface area contributed by atoms with Gasteiger partial charge in [0.15, 0.2) is 0 Å². The van der Waals surface area contributed by atoms with Crippen molar-refractivity contribution in [1.82, 2.24) is 20.2 Å². The Labute approximate surface area is 269 Å². The number of nitriles is 1. The molecule has 2 heterocycles. The molecule has 3 rings (SSSR count). The second-order valence-electron chi connectivity index (χ2n) is 11.5. The van der Waals surface area contributed by atoms with Gasteiger partial charge in [0.2, 0.25) is 5.91 Å². The number of nitrogens with zero attached hydrogens (tertiary/aromatic N) is 5. The van der Waals surface area contributed by atoms with Crippen LogP contribution in [0.3, 0.4) is 0 Å². The van der Waals surface area contributed by atoms with Crippen molar-refractivity contribution in [3.05, 3.63) is 41.7 Å². The van der Waals surface area contributed by atoms with Gasteiger partial charge in [-0.15, -0.1) is 0 Å². The quantitative estimate of drug-likeness (QED) is 0.176. The van der Waals surface area contributed by atoms with E-state index in [1.807, 2.05) is 43.3 Å². The fourth-order valence-electron chi connectivity index (χ4n) is 5.37. The number of unbranched alkanes of at least 4 members (excludes halogenated alkanes) is 3. The number of aromatic nitrogens is 2. The Morgan fingerprint density at radius 2 is 1.62 bits per heavy atom. The number of nitrogen functional groups attached to an aromatic ring is 1. The third-order valence-electron chi connectivity index (χ3n) is 7.77. The molecular weight excluding hydrogens is 570 g/mol. The lowest BCUT2D eigenvalue weighted by Gasteiger charge is -2.35. The molecule has 1 aromatic heterocycles. The van der Waals surface area contributed by atoms with Crippen LogP contribution in [0.5, 0.6) is 5.75 Å². The van der Waals surface area contributed by atoms with Gasteiger partial charge < -0.3 is 30.2 Å². The summed E-state index contributed by atoms with van der Waals surface area (Å²) in [4.78, 5) is 25.3. The number of amides is 1. The number of benzene rings is 1. The highest BCUT2D eigenvalue weighted by molar-refractivity contribution is 5.78. The molecule has 0 radical (unpaired) electrons. The van der Waals surface area contributed by atoms with Gasteiger partial charge >= 0.3 is 0 Å². The van der Waals surface area contributed by atoms with Crippen LogP contribution >= 0.6 is 0 Å². The van der Waals surface area contributed by atoms with Gasteiger partial charge in [0, 0.05) is 71.6 Å². The molecule has 45 heavy (non-hydrogen) atoms. The van der Waals surface area contributed by atoms with Crippen molar-refractivity contribution in [3.8, 4) is 11.8 Å². The average molecular weight is 624 g/mol. The molecule has 0 aliphatic carbocycles. The van der Waals surface area contributed by atoms with Crippen LogP contribution in [0.1, 0.15) is 82.1 Å². The first-order valence-corrected chi connectivity index (χ1v) is 16.6. The van der Waals surface area contributed by atoms with Gasteiger partial charge in [-0.1, -0.05) is 38.3 Å². The average Bonchev–Trinajstić information content (AvgIpc) is 3.03. The number of hydrogen-bond donors (Lipinski definition) is 2. The second kappa shape index (κ2) is 21.3. The summed E-state index contributed by atoms with van der Waals surface area (Å²) in [6, 6.07) is 11.5. The van der Waals surface area contributed by atoms with Gasteiger partial charge in [-0.2, -0.15) is 5.26 Å². The zero-order valence-corrected chi connectivity index (χ0v) is 27.3. The highest BCUT2D eigenvalue weighted by atomic mass is 16.5. The number of nitrogens with two attached hydrogens (primary N) is 1. The third-order valence-corrected chi connectivity index (χ3v) is 7.77. The SMILES string of the molecule is CCCC(NC(=O)CC#N)c1ccc(OCCCOCCCCCCOCCCN2CCN(c3cc(N)nc(C)n3)CC2)cc1. The standard InChI is InChI=1S/C34H53N7O4/c1-3-10-31(39-34(42)15-16-35)29-11-13-30(14-12-29)45-26-9-25-44-23-7-5-4-6-22-43-24-8-17-40-18-20-41(21-19-40)33-27-32(36)37-28(2)38-33/h11-14,27,31H,3-10,15,17-26H2,1-2H3,(H,39,42)(H2,36,37,38). The number of aryl methyl sites for hydroxylation is 1. The van der Waals surface area contributed by atoms with E-state index < -0.39 is 0 Å². The van der Waals surface area contributed by atoms with Crippen LogP contribution in [0.2, 0.25) is 0 Å². The molecular formula is C34H53N7O4. The molecule has 1 saturated heterocycles. The van der Waals surface area contributed by atoms with Crippen molar-refractivity contribution >= 4 is 17.5 Å². The highest BCUT2D eigenvalue weighted by Gasteiger charge is 2.18. The van der Waals surface area contributed by atoms with Crippen LogP contribution in [0.4, 0.5) is 11.6 Å². The predicted octanol–water partition coefficient (Wildman–Crippen LogP) is 4.81. The van der Waals surface area contributed by atoms with E-state index in [1.165, 1.54) is 6.42 Å². The number of carbonyl (C=O) groups excluding carboxylic acids is 1. The van der Waals surface area contributed by atoms with Crippen LogP contribution in [-0.4, -0.2) is 86.5 Å². The summed E-state index contributed by atoms with van der Waals surface area (Å²) in [6.07, 6.45) is 8.03. The molecule has 3 N–H and O–H groups in total. The Morgan fingerprint density at radius 3 is 2.27 bits per heavy atom. The number of ether oxygens (including phenoxy) is 3. The summed E-state index contributed by atoms with van der Waals surface area (Å²) in [6.45, 7) is 12.7. The van der Waals surface area contributed by atoms with Crippen molar-refractivity contribution in [2.45, 2.75) is 77.7 Å². The minimum Gasteiger partial charge on any atom is -0.494 e. The van der Waals surface area contributed by atoms with Gasteiger partial charge in [0.05, 0.1) is 18.7 Å². The molecule has 0 saturated carbocycles. The lowest BCUT2D eigenvalue weighted by molar-refractivity contribution is -0.120. The molecule has 0 bridgehead atoms. The summed E-state index contributed by atoms with van der Waals surface area (Å²) < 4.78 is 17.5. The summed E-state index contributed by atoms with van der Waals surface area (Å²) in [5.74, 6) is 2.75. The van der Waals surface area contributed by atoms with Crippen LogP contribution in [0.25, 0.3) is 0 Å². The monoisotopic (exact) mass is 623 g/mol. The number of anilines is 2. The van der Waals surface area contributed by atoms with Gasteiger partial charge in [-0.05, 0) is 50.3 Å². The van der Waals surface area contributed by atoms with Gasteiger partial charge in [0.1, 0.15) is 29.6 Å². The third kappa shape index (κ3) is 14.5. The first-order chi connectivity index (χ1) is 22.0. The maximum atomic E-state index is 11.8. The zero-order chi connectivity index (χ0) is 32.1. The Morgan fingerprint density at radius 1 is 0.956 bits per heavy atom. The second-order valence-corrected chi connectivity index (χ2v) is 11.5. The molecule has 1 aliphatic rings. The lowest BCUT2D eigenvalue weighted by atomic mass is 10.0. The van der Waals surface area contributed by atoms with Gasteiger partial charge in [-0.3, -0.25) is 9.69 Å². The smallest absolute Gasteiger partial charge is 0.234 e. The van der Waals surface area contributed by atoms with E-state index in [9.17, 15) is 4.79 Å². The molecule has 1 aliphatic heterocycles. The molecule has 11 heteroatoms. The molecule has 11 nitrogen and oxygen atoms in total. The number of carbonyl (C=O) groups is 1. The van der Waals surface area contributed by atoms with Gasteiger partial charge in [-0.25, -0.2) is 9.97 Å². The Bertz CT molecular complexity index is 1130. The van der Waals surface area contributed by atoms with E-state index in [0.29, 0.717) is 19.0 Å². The highest BCUT2D eigenvalue weighted by Crippen LogP contribution is 2.22. The largest absolute Gasteiger partial charge is 0.494 e. The molecule has 248 valence electrons.